The summed E-state index contributed by atoms with van der Waals surface area (Å²) in [5.41, 5.74) is 0.614. The molecule has 1 aromatic carbocycles. The summed E-state index contributed by atoms with van der Waals surface area (Å²) in [5.74, 6) is 0.466. The third kappa shape index (κ3) is 5.09. The van der Waals surface area contributed by atoms with Gasteiger partial charge in [0, 0.05) is 17.5 Å². The van der Waals surface area contributed by atoms with E-state index in [1.165, 1.54) is 0 Å². The zero-order valence-electron chi connectivity index (χ0n) is 11.6. The lowest BCUT2D eigenvalue weighted by Crippen LogP contribution is -2.30. The molecule has 0 aliphatic rings. The molecule has 1 unspecified atom stereocenters. The fourth-order valence-electron chi connectivity index (χ4n) is 1.59. The number of carbonyl (C=O) groups is 1. The molecule has 0 bridgehead atoms. The van der Waals surface area contributed by atoms with Gasteiger partial charge in [0.05, 0.1) is 12.3 Å². The van der Waals surface area contributed by atoms with E-state index in [4.69, 9.17) is 16.3 Å². The molecule has 0 aliphatic heterocycles. The lowest BCUT2D eigenvalue weighted by Gasteiger charge is -2.15. The molecule has 19 heavy (non-hydrogen) atoms. The molecule has 1 aromatic rings. The molecule has 4 nitrogen and oxygen atoms in total. The molecule has 1 rings (SSSR count). The Labute approximate surface area is 119 Å². The van der Waals surface area contributed by atoms with Gasteiger partial charge in [0.25, 0.3) is 0 Å². The highest BCUT2D eigenvalue weighted by atomic mass is 35.5. The van der Waals surface area contributed by atoms with Gasteiger partial charge in [-0.15, -0.1) is 0 Å². The molecule has 0 fully saturated rings. The number of carbonyl (C=O) groups excluding carboxylic acids is 1. The number of benzene rings is 1. The fourth-order valence-corrected chi connectivity index (χ4v) is 1.76. The van der Waals surface area contributed by atoms with Crippen LogP contribution < -0.4 is 15.4 Å². The zero-order valence-corrected chi connectivity index (χ0v) is 12.4. The van der Waals surface area contributed by atoms with Gasteiger partial charge < -0.3 is 15.4 Å². The van der Waals surface area contributed by atoms with Crippen LogP contribution in [0.3, 0.4) is 0 Å². The van der Waals surface area contributed by atoms with Crippen molar-refractivity contribution < 1.29 is 9.53 Å². The van der Waals surface area contributed by atoms with E-state index < -0.39 is 0 Å². The predicted molar refractivity (Wildman–Crippen MR) is 79.0 cm³/mol. The monoisotopic (exact) mass is 284 g/mol. The topological polar surface area (TPSA) is 50.4 Å². The van der Waals surface area contributed by atoms with Crippen LogP contribution in [0.1, 0.15) is 20.8 Å². The van der Waals surface area contributed by atoms with E-state index in [-0.39, 0.29) is 11.8 Å². The maximum Gasteiger partial charge on any atom is 0.228 e. The van der Waals surface area contributed by atoms with Crippen LogP contribution in [0.4, 0.5) is 5.69 Å². The number of rotatable bonds is 7. The Bertz CT molecular complexity index is 424. The first-order valence-electron chi connectivity index (χ1n) is 6.52. The Morgan fingerprint density at radius 2 is 2.16 bits per heavy atom. The Hall–Kier alpha value is -1.26. The van der Waals surface area contributed by atoms with E-state index >= 15 is 0 Å². The average molecular weight is 285 g/mol. The third-order valence-corrected chi connectivity index (χ3v) is 2.88. The molecule has 0 heterocycles. The van der Waals surface area contributed by atoms with E-state index in [1.807, 2.05) is 20.8 Å². The Morgan fingerprint density at radius 1 is 1.42 bits per heavy atom. The van der Waals surface area contributed by atoms with Crippen molar-refractivity contribution in [2.45, 2.75) is 20.8 Å². The first-order valence-corrected chi connectivity index (χ1v) is 6.90. The van der Waals surface area contributed by atoms with Crippen LogP contribution in [-0.4, -0.2) is 25.6 Å². The van der Waals surface area contributed by atoms with E-state index in [9.17, 15) is 4.79 Å². The normalized spacial score (nSPS) is 12.0. The van der Waals surface area contributed by atoms with Crippen molar-refractivity contribution in [1.82, 2.24) is 5.32 Å². The predicted octanol–water partition coefficient (Wildman–Crippen LogP) is 2.92. The van der Waals surface area contributed by atoms with Crippen LogP contribution in [0.5, 0.6) is 5.75 Å². The summed E-state index contributed by atoms with van der Waals surface area (Å²) in [6.07, 6.45) is 0. The molecule has 0 saturated heterocycles. The van der Waals surface area contributed by atoms with Gasteiger partial charge in [-0.1, -0.05) is 25.4 Å². The van der Waals surface area contributed by atoms with Crippen molar-refractivity contribution in [2.24, 2.45) is 5.92 Å². The molecule has 106 valence electrons. The average Bonchev–Trinajstić information content (AvgIpc) is 2.39. The van der Waals surface area contributed by atoms with Crippen LogP contribution in [-0.2, 0) is 4.79 Å². The highest BCUT2D eigenvalue weighted by Gasteiger charge is 2.14. The van der Waals surface area contributed by atoms with E-state index in [0.717, 1.165) is 6.54 Å². The van der Waals surface area contributed by atoms with E-state index in [1.54, 1.807) is 18.2 Å². The molecule has 1 atom stereocenters. The summed E-state index contributed by atoms with van der Waals surface area (Å²) < 4.78 is 5.46. The molecule has 0 saturated carbocycles. The Kier molecular flexibility index (Phi) is 6.67. The van der Waals surface area contributed by atoms with Crippen molar-refractivity contribution >= 4 is 23.2 Å². The zero-order chi connectivity index (χ0) is 14.3. The summed E-state index contributed by atoms with van der Waals surface area (Å²) in [6.45, 7) is 7.81. The van der Waals surface area contributed by atoms with Gasteiger partial charge in [-0.05, 0) is 31.7 Å². The summed E-state index contributed by atoms with van der Waals surface area (Å²) in [7, 11) is 0. The molecule has 0 aliphatic carbocycles. The third-order valence-electron chi connectivity index (χ3n) is 2.65. The van der Waals surface area contributed by atoms with Crippen LogP contribution in [0.25, 0.3) is 0 Å². The van der Waals surface area contributed by atoms with Crippen molar-refractivity contribution in [3.63, 3.8) is 0 Å². The molecule has 0 radical (unpaired) electrons. The van der Waals surface area contributed by atoms with Crippen molar-refractivity contribution in [2.75, 3.05) is 25.0 Å². The lowest BCUT2D eigenvalue weighted by atomic mass is 10.1. The van der Waals surface area contributed by atoms with Crippen LogP contribution >= 0.6 is 11.6 Å². The molecule has 2 N–H and O–H groups in total. The van der Waals surface area contributed by atoms with Gasteiger partial charge in [-0.3, -0.25) is 4.79 Å². The summed E-state index contributed by atoms with van der Waals surface area (Å²) in [6, 6.07) is 5.20. The number of halogens is 1. The number of nitrogens with one attached hydrogen (secondary N) is 2. The second kappa shape index (κ2) is 8.02. The number of amides is 1. The first kappa shape index (κ1) is 15.8. The van der Waals surface area contributed by atoms with Gasteiger partial charge in [0.15, 0.2) is 0 Å². The van der Waals surface area contributed by atoms with E-state index in [0.29, 0.717) is 29.6 Å². The van der Waals surface area contributed by atoms with Crippen molar-refractivity contribution in [3.8, 4) is 5.75 Å². The maximum atomic E-state index is 12.0. The molecule has 1 amide bonds. The smallest absolute Gasteiger partial charge is 0.228 e. The Morgan fingerprint density at radius 3 is 2.79 bits per heavy atom. The van der Waals surface area contributed by atoms with E-state index in [2.05, 4.69) is 10.6 Å². The largest absolute Gasteiger partial charge is 0.492 e. The number of hydrogen-bond donors (Lipinski definition) is 2. The summed E-state index contributed by atoms with van der Waals surface area (Å²) >= 11 is 5.94. The molecule has 5 heteroatoms. The minimum Gasteiger partial charge on any atom is -0.492 e. The van der Waals surface area contributed by atoms with Gasteiger partial charge in [0.2, 0.25) is 5.91 Å². The number of anilines is 1. The molecule has 0 aromatic heterocycles. The highest BCUT2D eigenvalue weighted by Crippen LogP contribution is 2.28. The van der Waals surface area contributed by atoms with Crippen molar-refractivity contribution in [1.29, 1.82) is 0 Å². The van der Waals surface area contributed by atoms with Gasteiger partial charge >= 0.3 is 0 Å². The second-order valence-corrected chi connectivity index (χ2v) is 4.71. The molecular formula is C14H21ClN2O2. The molecular weight excluding hydrogens is 264 g/mol. The quantitative estimate of drug-likeness (QED) is 0.809. The van der Waals surface area contributed by atoms with Gasteiger partial charge in [0.1, 0.15) is 5.75 Å². The number of hydrogen-bond acceptors (Lipinski definition) is 3. The van der Waals surface area contributed by atoms with Crippen molar-refractivity contribution in [3.05, 3.63) is 23.2 Å². The van der Waals surface area contributed by atoms with Crippen LogP contribution in [0.15, 0.2) is 18.2 Å². The van der Waals surface area contributed by atoms with Gasteiger partial charge in [-0.25, -0.2) is 0 Å². The van der Waals surface area contributed by atoms with Gasteiger partial charge in [-0.2, -0.15) is 0 Å². The lowest BCUT2D eigenvalue weighted by molar-refractivity contribution is -0.119. The summed E-state index contributed by atoms with van der Waals surface area (Å²) in [5, 5.41) is 6.57. The Balaban J connectivity index is 2.74. The highest BCUT2D eigenvalue weighted by molar-refractivity contribution is 6.31. The molecule has 0 spiro atoms. The second-order valence-electron chi connectivity index (χ2n) is 4.27. The van der Waals surface area contributed by atoms with Crippen LogP contribution in [0.2, 0.25) is 5.02 Å². The minimum atomic E-state index is -0.117. The number of ether oxygens (including phenoxy) is 1. The SMILES string of the molecule is CCNCC(C)C(=O)Nc1cc(Cl)ccc1OCC. The standard InChI is InChI=1S/C14H21ClN2O2/c1-4-16-9-10(3)14(18)17-12-8-11(15)6-7-13(12)19-5-2/h6-8,10,16H,4-5,9H2,1-3H3,(H,17,18). The minimum absolute atomic E-state index is 0.0517. The fraction of sp³-hybridized carbons (Fsp3) is 0.500. The summed E-state index contributed by atoms with van der Waals surface area (Å²) in [4.78, 5) is 12.0. The maximum absolute atomic E-state index is 12.0. The van der Waals surface area contributed by atoms with Crippen LogP contribution in [0, 0.1) is 5.92 Å². The first-order chi connectivity index (χ1) is 9.08.